The Morgan fingerprint density at radius 3 is 1.89 bits per heavy atom. The molecule has 0 atom stereocenters. The second kappa shape index (κ2) is 4.70. The first kappa shape index (κ1) is 14.7. The highest BCUT2D eigenvalue weighted by Gasteiger charge is 2.39. The molecule has 0 aromatic heterocycles. The van der Waals surface area contributed by atoms with E-state index in [2.05, 4.69) is 4.74 Å². The molecule has 1 rings (SSSR count). The van der Waals surface area contributed by atoms with Crippen molar-refractivity contribution in [3.05, 3.63) is 28.8 Å². The summed E-state index contributed by atoms with van der Waals surface area (Å²) in [5, 5.41) is 0. The number of halogens is 6. The lowest BCUT2D eigenvalue weighted by molar-refractivity contribution is -0.143. The summed E-state index contributed by atoms with van der Waals surface area (Å²) in [7, 11) is 0.997. The number of benzene rings is 1. The van der Waals surface area contributed by atoms with E-state index in [4.69, 9.17) is 0 Å². The molecule has 0 spiro atoms. The van der Waals surface area contributed by atoms with Gasteiger partial charge in [0.25, 0.3) is 0 Å². The molecular weight excluding hydrogens is 262 g/mol. The molecule has 0 heterocycles. The van der Waals surface area contributed by atoms with E-state index in [1.165, 1.54) is 6.92 Å². The Balaban J connectivity index is 3.57. The van der Waals surface area contributed by atoms with Crippen LogP contribution in [0.5, 0.6) is 5.75 Å². The number of ether oxygens (including phenoxy) is 1. The number of aryl methyl sites for hydroxylation is 1. The van der Waals surface area contributed by atoms with Crippen molar-refractivity contribution < 1.29 is 31.1 Å². The third-order valence-corrected chi connectivity index (χ3v) is 2.38. The van der Waals surface area contributed by atoms with Gasteiger partial charge in [-0.3, -0.25) is 0 Å². The zero-order valence-corrected chi connectivity index (χ0v) is 9.54. The predicted octanol–water partition coefficient (Wildman–Crippen LogP) is 4.30. The van der Waals surface area contributed by atoms with Crippen molar-refractivity contribution >= 4 is 0 Å². The molecule has 0 aliphatic carbocycles. The van der Waals surface area contributed by atoms with Crippen LogP contribution in [-0.2, 0) is 18.8 Å². The lowest BCUT2D eigenvalue weighted by Gasteiger charge is -2.18. The summed E-state index contributed by atoms with van der Waals surface area (Å²) in [4.78, 5) is 0. The van der Waals surface area contributed by atoms with Gasteiger partial charge < -0.3 is 4.74 Å². The van der Waals surface area contributed by atoms with Gasteiger partial charge in [0.15, 0.2) is 0 Å². The van der Waals surface area contributed by atoms with Crippen LogP contribution < -0.4 is 4.74 Å². The van der Waals surface area contributed by atoms with Gasteiger partial charge in [-0.25, -0.2) is 0 Å². The van der Waals surface area contributed by atoms with Crippen LogP contribution in [0.2, 0.25) is 0 Å². The van der Waals surface area contributed by atoms with Gasteiger partial charge in [-0.15, -0.1) is 0 Å². The van der Waals surface area contributed by atoms with Gasteiger partial charge in [-0.2, -0.15) is 26.3 Å². The Bertz CT molecular complexity index is 432. The summed E-state index contributed by atoms with van der Waals surface area (Å²) >= 11 is 0. The summed E-state index contributed by atoms with van der Waals surface area (Å²) in [6, 6.07) is 0.742. The average Bonchev–Trinajstić information content (AvgIpc) is 2.24. The van der Waals surface area contributed by atoms with Crippen LogP contribution in [0.4, 0.5) is 26.3 Å². The van der Waals surface area contributed by atoms with Crippen molar-refractivity contribution in [2.75, 3.05) is 7.11 Å². The van der Waals surface area contributed by atoms with E-state index in [9.17, 15) is 26.3 Å². The molecule has 0 aliphatic rings. The third-order valence-electron chi connectivity index (χ3n) is 2.38. The summed E-state index contributed by atoms with van der Waals surface area (Å²) in [6.45, 7) is 1.46. The van der Waals surface area contributed by atoms with Crippen LogP contribution in [0, 0.1) is 0 Å². The first-order valence-corrected chi connectivity index (χ1v) is 4.96. The fourth-order valence-corrected chi connectivity index (χ4v) is 1.57. The minimum atomic E-state index is -4.89. The molecule has 0 unspecified atom stereocenters. The number of hydrogen-bond acceptors (Lipinski definition) is 1. The number of methoxy groups -OCH3 is 1. The molecule has 1 nitrogen and oxygen atoms in total. The smallest absolute Gasteiger partial charge is 0.419 e. The van der Waals surface area contributed by atoms with E-state index in [1.54, 1.807) is 0 Å². The number of rotatable bonds is 2. The van der Waals surface area contributed by atoms with Crippen LogP contribution in [-0.4, -0.2) is 7.11 Å². The molecular formula is C11H10F6O. The average molecular weight is 272 g/mol. The third kappa shape index (κ3) is 2.88. The summed E-state index contributed by atoms with van der Waals surface area (Å²) in [5.74, 6) is -0.557. The number of hydrogen-bond donors (Lipinski definition) is 0. The van der Waals surface area contributed by atoms with Crippen LogP contribution in [0.25, 0.3) is 0 Å². The molecule has 0 bridgehead atoms. The lowest BCUT2D eigenvalue weighted by Crippen LogP contribution is -2.14. The van der Waals surface area contributed by atoms with Gasteiger partial charge in [0, 0.05) is 0 Å². The zero-order valence-electron chi connectivity index (χ0n) is 9.54. The minimum Gasteiger partial charge on any atom is -0.496 e. The monoisotopic (exact) mass is 272 g/mol. The van der Waals surface area contributed by atoms with Gasteiger partial charge in [0.2, 0.25) is 0 Å². The fourth-order valence-electron chi connectivity index (χ4n) is 1.57. The molecule has 0 N–H and O–H groups in total. The fraction of sp³-hybridized carbons (Fsp3) is 0.455. The second-order valence-electron chi connectivity index (χ2n) is 3.57. The SMILES string of the molecule is CCc1cc(C(F)(F)F)cc(C(F)(F)F)c1OC. The predicted molar refractivity (Wildman–Crippen MR) is 52.4 cm³/mol. The zero-order chi connectivity index (χ0) is 14.1. The maximum atomic E-state index is 12.7. The molecule has 18 heavy (non-hydrogen) atoms. The topological polar surface area (TPSA) is 9.23 Å². The van der Waals surface area contributed by atoms with Crippen molar-refractivity contribution in [2.24, 2.45) is 0 Å². The molecule has 0 saturated carbocycles. The molecule has 0 saturated heterocycles. The van der Waals surface area contributed by atoms with E-state index in [0.717, 1.165) is 7.11 Å². The molecule has 102 valence electrons. The highest BCUT2D eigenvalue weighted by atomic mass is 19.4. The summed E-state index contributed by atoms with van der Waals surface area (Å²) in [6.07, 6.45) is -9.71. The Hall–Kier alpha value is -1.40. The second-order valence-corrected chi connectivity index (χ2v) is 3.57. The van der Waals surface area contributed by atoms with E-state index in [1.807, 2.05) is 0 Å². The van der Waals surface area contributed by atoms with Crippen LogP contribution >= 0.6 is 0 Å². The van der Waals surface area contributed by atoms with E-state index < -0.39 is 29.2 Å². The van der Waals surface area contributed by atoms with Gasteiger partial charge in [0.1, 0.15) is 5.75 Å². The number of alkyl halides is 6. The van der Waals surface area contributed by atoms with Crippen LogP contribution in [0.1, 0.15) is 23.6 Å². The first-order chi connectivity index (χ1) is 8.11. The quantitative estimate of drug-likeness (QED) is 0.729. The minimum absolute atomic E-state index is 0.0101. The maximum absolute atomic E-state index is 12.7. The summed E-state index contributed by atoms with van der Waals surface area (Å²) in [5.41, 5.74) is -2.86. The maximum Gasteiger partial charge on any atom is 0.419 e. The summed E-state index contributed by atoms with van der Waals surface area (Å²) < 4.78 is 80.1. The van der Waals surface area contributed by atoms with Crippen LogP contribution in [0.15, 0.2) is 12.1 Å². The molecule has 0 radical (unpaired) electrons. The van der Waals surface area contributed by atoms with Gasteiger partial charge in [-0.05, 0) is 24.1 Å². The Morgan fingerprint density at radius 2 is 1.56 bits per heavy atom. The van der Waals surface area contributed by atoms with Crippen molar-refractivity contribution in [1.29, 1.82) is 0 Å². The van der Waals surface area contributed by atoms with Gasteiger partial charge >= 0.3 is 12.4 Å². The normalized spacial score (nSPS) is 12.7. The van der Waals surface area contributed by atoms with E-state index >= 15 is 0 Å². The van der Waals surface area contributed by atoms with E-state index in [-0.39, 0.29) is 18.1 Å². The highest BCUT2D eigenvalue weighted by molar-refractivity contribution is 5.47. The van der Waals surface area contributed by atoms with Crippen molar-refractivity contribution in [3.63, 3.8) is 0 Å². The standard InChI is InChI=1S/C11H10F6O/c1-3-6-4-7(10(12,13)14)5-8(9(6)18-2)11(15,16)17/h4-5H,3H2,1-2H3. The Labute approximate surface area is 99.4 Å². The van der Waals surface area contributed by atoms with Crippen LogP contribution in [0.3, 0.4) is 0 Å². The molecule has 0 aliphatic heterocycles. The molecule has 1 aromatic rings. The van der Waals surface area contributed by atoms with Gasteiger partial charge in [-0.1, -0.05) is 6.92 Å². The molecule has 0 amide bonds. The Morgan fingerprint density at radius 1 is 1.00 bits per heavy atom. The molecule has 0 fully saturated rings. The molecule has 7 heteroatoms. The van der Waals surface area contributed by atoms with Crippen molar-refractivity contribution in [1.82, 2.24) is 0 Å². The van der Waals surface area contributed by atoms with Gasteiger partial charge in [0.05, 0.1) is 18.2 Å². The van der Waals surface area contributed by atoms with Crippen molar-refractivity contribution in [2.45, 2.75) is 25.7 Å². The highest BCUT2D eigenvalue weighted by Crippen LogP contribution is 2.42. The first-order valence-electron chi connectivity index (χ1n) is 4.96. The van der Waals surface area contributed by atoms with Crippen molar-refractivity contribution in [3.8, 4) is 5.75 Å². The Kier molecular flexibility index (Phi) is 3.83. The lowest BCUT2D eigenvalue weighted by atomic mass is 10.0. The molecule has 1 aromatic carbocycles. The largest absolute Gasteiger partial charge is 0.496 e. The van der Waals surface area contributed by atoms with E-state index in [0.29, 0.717) is 6.07 Å².